The molecule has 10 heteroatoms. The predicted octanol–water partition coefficient (Wildman–Crippen LogP) is 3.55. The number of aryl methyl sites for hydroxylation is 3. The Morgan fingerprint density at radius 1 is 1.22 bits per heavy atom. The van der Waals surface area contributed by atoms with Crippen molar-refractivity contribution in [1.82, 2.24) is 24.6 Å². The first-order valence-electron chi connectivity index (χ1n) is 10.5. The lowest BCUT2D eigenvalue weighted by Gasteiger charge is -2.32. The molecular weight excluding hydrogens is 423 g/mol. The van der Waals surface area contributed by atoms with Gasteiger partial charge in [-0.2, -0.15) is 18.3 Å². The molecule has 170 valence electrons. The summed E-state index contributed by atoms with van der Waals surface area (Å²) in [6, 6.07) is 4.32. The Labute approximate surface area is 182 Å². The van der Waals surface area contributed by atoms with E-state index >= 15 is 0 Å². The van der Waals surface area contributed by atoms with Crippen molar-refractivity contribution in [2.24, 2.45) is 0 Å². The largest absolute Gasteiger partial charge is 0.417 e. The highest BCUT2D eigenvalue weighted by molar-refractivity contribution is 5.82. The molecule has 7 nitrogen and oxygen atoms in total. The van der Waals surface area contributed by atoms with Gasteiger partial charge >= 0.3 is 6.18 Å². The van der Waals surface area contributed by atoms with Crippen molar-refractivity contribution >= 4 is 16.8 Å². The third kappa shape index (κ3) is 4.39. The molecule has 1 N–H and O–H groups in total. The van der Waals surface area contributed by atoms with Crippen LogP contribution in [0.2, 0.25) is 0 Å². The zero-order chi connectivity index (χ0) is 23.0. The second-order valence-electron chi connectivity index (χ2n) is 8.22. The first-order chi connectivity index (χ1) is 15.1. The molecule has 0 aliphatic carbocycles. The summed E-state index contributed by atoms with van der Waals surface area (Å²) in [5.74, 6) is -0.0152. The highest BCUT2D eigenvalue weighted by Gasteiger charge is 2.35. The van der Waals surface area contributed by atoms with Gasteiger partial charge in [0.1, 0.15) is 0 Å². The number of amides is 1. The minimum atomic E-state index is -4.64. The number of pyridine rings is 2. The molecule has 0 bridgehead atoms. The third-order valence-corrected chi connectivity index (χ3v) is 6.01. The number of fused-ring (bicyclic) bond motifs is 1. The summed E-state index contributed by atoms with van der Waals surface area (Å²) in [5.41, 5.74) is 0.0479. The van der Waals surface area contributed by atoms with Gasteiger partial charge in [0.25, 0.3) is 5.56 Å². The van der Waals surface area contributed by atoms with E-state index in [9.17, 15) is 22.8 Å². The molecule has 0 atom stereocenters. The standard InChI is InChI=1S/C22H24F3N5O2/c1-13-11-16(22(23,24)25)20-18(27-13)12-17(28-21(20)32)15-4-8-29(9-5-15)19(31)6-10-30-14(2)3-7-26-30/h3,7,11-12,15H,4-6,8-10H2,1-2H3,(H,28,32). The average molecular weight is 447 g/mol. The Hall–Kier alpha value is -3.17. The lowest BCUT2D eigenvalue weighted by atomic mass is 9.92. The number of hydrogen-bond acceptors (Lipinski definition) is 4. The number of nitrogens with one attached hydrogen (secondary N) is 1. The van der Waals surface area contributed by atoms with Crippen LogP contribution in [0, 0.1) is 13.8 Å². The number of aromatic amines is 1. The van der Waals surface area contributed by atoms with Crippen molar-refractivity contribution < 1.29 is 18.0 Å². The normalized spacial score (nSPS) is 15.5. The minimum absolute atomic E-state index is 0.0393. The van der Waals surface area contributed by atoms with Gasteiger partial charge in [-0.05, 0) is 44.9 Å². The number of rotatable bonds is 4. The van der Waals surface area contributed by atoms with Crippen LogP contribution in [0.4, 0.5) is 13.2 Å². The van der Waals surface area contributed by atoms with Crippen LogP contribution in [-0.4, -0.2) is 43.6 Å². The van der Waals surface area contributed by atoms with E-state index in [1.165, 1.54) is 6.92 Å². The Bertz CT molecular complexity index is 1210. The van der Waals surface area contributed by atoms with Crippen LogP contribution in [0.15, 0.2) is 29.2 Å². The van der Waals surface area contributed by atoms with Gasteiger partial charge in [-0.3, -0.25) is 19.3 Å². The van der Waals surface area contributed by atoms with Gasteiger partial charge in [0.05, 0.1) is 16.5 Å². The molecule has 0 spiro atoms. The molecule has 1 saturated heterocycles. The van der Waals surface area contributed by atoms with Gasteiger partial charge in [-0.25, -0.2) is 0 Å². The van der Waals surface area contributed by atoms with Gasteiger partial charge < -0.3 is 9.88 Å². The lowest BCUT2D eigenvalue weighted by Crippen LogP contribution is -2.38. The third-order valence-electron chi connectivity index (χ3n) is 6.01. The topological polar surface area (TPSA) is 83.9 Å². The Morgan fingerprint density at radius 3 is 2.56 bits per heavy atom. The zero-order valence-electron chi connectivity index (χ0n) is 17.9. The number of likely N-dealkylation sites (tertiary alicyclic amines) is 1. The molecule has 1 amide bonds. The van der Waals surface area contributed by atoms with Gasteiger partial charge in [-0.1, -0.05) is 0 Å². The molecule has 0 unspecified atom stereocenters. The zero-order valence-corrected chi connectivity index (χ0v) is 17.9. The summed E-state index contributed by atoms with van der Waals surface area (Å²) in [6.07, 6.45) is -1.36. The Kier molecular flexibility index (Phi) is 5.79. The predicted molar refractivity (Wildman–Crippen MR) is 112 cm³/mol. The van der Waals surface area contributed by atoms with Crippen molar-refractivity contribution in [3.05, 3.63) is 57.4 Å². The smallest absolute Gasteiger partial charge is 0.343 e. The van der Waals surface area contributed by atoms with Crippen molar-refractivity contribution in [2.75, 3.05) is 13.1 Å². The van der Waals surface area contributed by atoms with E-state index in [1.54, 1.807) is 21.8 Å². The van der Waals surface area contributed by atoms with Crippen molar-refractivity contribution in [3.8, 4) is 0 Å². The monoisotopic (exact) mass is 447 g/mol. The number of hydrogen-bond donors (Lipinski definition) is 1. The van der Waals surface area contributed by atoms with Crippen LogP contribution in [-0.2, 0) is 17.5 Å². The summed E-state index contributed by atoms with van der Waals surface area (Å²) in [6.45, 7) is 4.97. The fraction of sp³-hybridized carbons (Fsp3) is 0.455. The maximum Gasteiger partial charge on any atom is 0.417 e. The van der Waals surface area contributed by atoms with Crippen LogP contribution in [0.1, 0.15) is 47.8 Å². The van der Waals surface area contributed by atoms with Crippen LogP contribution in [0.3, 0.4) is 0 Å². The second kappa shape index (κ2) is 8.40. The van der Waals surface area contributed by atoms with E-state index in [2.05, 4.69) is 15.1 Å². The molecule has 3 aromatic rings. The first-order valence-corrected chi connectivity index (χ1v) is 10.5. The summed E-state index contributed by atoms with van der Waals surface area (Å²) in [5, 5.41) is 3.74. The van der Waals surface area contributed by atoms with E-state index in [4.69, 9.17) is 0 Å². The molecule has 3 aromatic heterocycles. The molecular formula is C22H24F3N5O2. The maximum atomic E-state index is 13.4. The maximum absolute atomic E-state index is 13.4. The number of carbonyl (C=O) groups is 1. The quantitative estimate of drug-likeness (QED) is 0.663. The fourth-order valence-electron chi connectivity index (χ4n) is 4.29. The number of alkyl halides is 3. The van der Waals surface area contributed by atoms with E-state index in [-0.39, 0.29) is 23.0 Å². The summed E-state index contributed by atoms with van der Waals surface area (Å²) < 4.78 is 42.0. The van der Waals surface area contributed by atoms with Gasteiger partial charge in [0.15, 0.2) is 0 Å². The molecule has 1 fully saturated rings. The Morgan fingerprint density at radius 2 is 1.94 bits per heavy atom. The average Bonchev–Trinajstić information content (AvgIpc) is 3.15. The van der Waals surface area contributed by atoms with E-state index in [0.717, 1.165) is 11.8 Å². The molecule has 0 aromatic carbocycles. The SMILES string of the molecule is Cc1cc(C(F)(F)F)c2c(=O)[nH]c(C3CCN(C(=O)CCn4nccc4C)CC3)cc2n1. The molecule has 0 radical (unpaired) electrons. The summed E-state index contributed by atoms with van der Waals surface area (Å²) >= 11 is 0. The number of carbonyl (C=O) groups excluding carboxylic acids is 1. The summed E-state index contributed by atoms with van der Waals surface area (Å²) in [4.78, 5) is 33.7. The molecule has 4 rings (SSSR count). The molecule has 4 heterocycles. The fourth-order valence-corrected chi connectivity index (χ4v) is 4.29. The number of H-pyrrole nitrogens is 1. The van der Waals surface area contributed by atoms with Gasteiger partial charge in [0, 0.05) is 55.3 Å². The minimum Gasteiger partial charge on any atom is -0.343 e. The van der Waals surface area contributed by atoms with E-state index in [1.807, 2.05) is 13.0 Å². The Balaban J connectivity index is 1.47. The van der Waals surface area contributed by atoms with Crippen molar-refractivity contribution in [3.63, 3.8) is 0 Å². The van der Waals surface area contributed by atoms with E-state index < -0.39 is 22.7 Å². The van der Waals surface area contributed by atoms with Crippen LogP contribution >= 0.6 is 0 Å². The van der Waals surface area contributed by atoms with Gasteiger partial charge in [-0.15, -0.1) is 0 Å². The van der Waals surface area contributed by atoms with Crippen LogP contribution in [0.25, 0.3) is 10.9 Å². The van der Waals surface area contributed by atoms with Crippen molar-refractivity contribution in [2.45, 2.75) is 51.7 Å². The highest BCUT2D eigenvalue weighted by atomic mass is 19.4. The molecule has 1 aliphatic heterocycles. The van der Waals surface area contributed by atoms with E-state index in [0.29, 0.717) is 44.6 Å². The lowest BCUT2D eigenvalue weighted by molar-refractivity contribution is -0.136. The van der Waals surface area contributed by atoms with Gasteiger partial charge in [0.2, 0.25) is 5.91 Å². The molecule has 1 aliphatic rings. The number of aromatic nitrogens is 4. The summed E-state index contributed by atoms with van der Waals surface area (Å²) in [7, 11) is 0. The number of halogens is 3. The van der Waals surface area contributed by atoms with Crippen molar-refractivity contribution in [1.29, 1.82) is 0 Å². The second-order valence-corrected chi connectivity index (χ2v) is 8.22. The number of nitrogens with zero attached hydrogens (tertiary/aromatic N) is 4. The molecule has 32 heavy (non-hydrogen) atoms. The molecule has 0 saturated carbocycles. The van der Waals surface area contributed by atoms with Crippen LogP contribution in [0.5, 0.6) is 0 Å². The number of piperidine rings is 1. The first kappa shape index (κ1) is 22.0. The van der Waals surface area contributed by atoms with Crippen LogP contribution < -0.4 is 5.56 Å². The highest BCUT2D eigenvalue weighted by Crippen LogP contribution is 2.34.